The fourth-order valence-electron chi connectivity index (χ4n) is 4.05. The highest BCUT2D eigenvalue weighted by Crippen LogP contribution is 2.46. The molecule has 1 unspecified atom stereocenters. The van der Waals surface area contributed by atoms with E-state index >= 15 is 0 Å². The number of fused-ring (bicyclic) bond motifs is 2. The Balaban J connectivity index is 0.000000470. The molecule has 0 bridgehead atoms. The number of hydrogen-bond donors (Lipinski definition) is 4. The molecule has 0 saturated carbocycles. The van der Waals surface area contributed by atoms with Crippen LogP contribution in [0.3, 0.4) is 0 Å². The van der Waals surface area contributed by atoms with Gasteiger partial charge in [-0.15, -0.1) is 0 Å². The average Bonchev–Trinajstić information content (AvgIpc) is 3.38. The normalized spacial score (nSPS) is 16.3. The molecular formula is C25H17Cl2F3N4O6. The van der Waals surface area contributed by atoms with E-state index in [0.29, 0.717) is 43.5 Å². The summed E-state index contributed by atoms with van der Waals surface area (Å²) in [7, 11) is 1.25. The molecule has 5 rings (SSSR count). The molecule has 0 radical (unpaired) electrons. The predicted octanol–water partition coefficient (Wildman–Crippen LogP) is 5.54. The summed E-state index contributed by atoms with van der Waals surface area (Å²) >= 11 is 12.4. The van der Waals surface area contributed by atoms with Crippen LogP contribution in [0.4, 0.5) is 29.6 Å². The van der Waals surface area contributed by atoms with Gasteiger partial charge in [-0.25, -0.2) is 14.6 Å². The van der Waals surface area contributed by atoms with E-state index in [0.717, 1.165) is 0 Å². The lowest BCUT2D eigenvalue weighted by atomic mass is 9.93. The van der Waals surface area contributed by atoms with Gasteiger partial charge in [0.05, 0.1) is 23.8 Å². The van der Waals surface area contributed by atoms with Crippen LogP contribution >= 0.6 is 23.2 Å². The summed E-state index contributed by atoms with van der Waals surface area (Å²) in [5, 5.41) is 22.4. The molecule has 3 aromatic carbocycles. The number of imidazole rings is 1. The lowest BCUT2D eigenvalue weighted by Crippen LogP contribution is -2.45. The number of carboxylic acid groups (broad SMARTS) is 1. The number of alkyl halides is 3. The zero-order valence-electron chi connectivity index (χ0n) is 20.1. The predicted molar refractivity (Wildman–Crippen MR) is 139 cm³/mol. The number of aromatic amines is 1. The molecule has 1 aliphatic rings. The number of benzene rings is 3. The molecule has 208 valence electrons. The number of carbonyl (C=O) groups is 3. The minimum Gasteiger partial charge on any atom is -0.475 e. The van der Waals surface area contributed by atoms with Crippen molar-refractivity contribution < 1.29 is 42.5 Å². The highest BCUT2D eigenvalue weighted by atomic mass is 35.5. The number of amides is 2. The molecule has 2 amide bonds. The van der Waals surface area contributed by atoms with Crippen molar-refractivity contribution in [3.63, 3.8) is 0 Å². The number of H-pyrrole nitrogens is 1. The molecule has 0 spiro atoms. The topological polar surface area (TPSA) is 145 Å². The number of carboxylic acids is 1. The maximum atomic E-state index is 13.4. The third-order valence-electron chi connectivity index (χ3n) is 5.70. The van der Waals surface area contributed by atoms with Gasteiger partial charge < -0.3 is 19.9 Å². The van der Waals surface area contributed by atoms with Crippen molar-refractivity contribution in [2.24, 2.45) is 0 Å². The Morgan fingerprint density at radius 3 is 2.30 bits per heavy atom. The van der Waals surface area contributed by atoms with E-state index in [1.54, 1.807) is 60.7 Å². The summed E-state index contributed by atoms with van der Waals surface area (Å²) in [5.41, 5.74) is 0.743. The number of aliphatic carboxylic acids is 1. The second-order valence-corrected chi connectivity index (χ2v) is 9.10. The number of methoxy groups -OCH3 is 1. The van der Waals surface area contributed by atoms with Crippen LogP contribution in [0.15, 0.2) is 60.7 Å². The number of halogens is 5. The minimum atomic E-state index is -5.08. The Bertz CT molecular complexity index is 1620. The van der Waals surface area contributed by atoms with Crippen LogP contribution < -0.4 is 10.2 Å². The van der Waals surface area contributed by atoms with Gasteiger partial charge in [0.15, 0.2) is 5.72 Å². The quantitative estimate of drug-likeness (QED) is 0.243. The number of aliphatic hydroxyl groups is 1. The monoisotopic (exact) mass is 596 g/mol. The van der Waals surface area contributed by atoms with Gasteiger partial charge in [-0.05, 0) is 36.4 Å². The summed E-state index contributed by atoms with van der Waals surface area (Å²) in [4.78, 5) is 42.4. The number of nitrogens with zero attached hydrogens (tertiary/aromatic N) is 2. The van der Waals surface area contributed by atoms with Gasteiger partial charge in [-0.3, -0.25) is 15.0 Å². The first-order valence-corrected chi connectivity index (χ1v) is 11.8. The van der Waals surface area contributed by atoms with Crippen molar-refractivity contribution in [2.75, 3.05) is 17.3 Å². The van der Waals surface area contributed by atoms with Crippen molar-refractivity contribution in [3.8, 4) is 0 Å². The summed E-state index contributed by atoms with van der Waals surface area (Å²) in [6.45, 7) is 0. The molecule has 15 heteroatoms. The Hall–Kier alpha value is -4.33. The number of nitrogens with one attached hydrogen (secondary N) is 2. The first kappa shape index (κ1) is 28.7. The largest absolute Gasteiger partial charge is 0.490 e. The lowest BCUT2D eigenvalue weighted by Gasteiger charge is -2.35. The van der Waals surface area contributed by atoms with Crippen LogP contribution in [0, 0.1) is 0 Å². The number of hydrogen-bond acceptors (Lipinski definition) is 6. The number of aromatic nitrogens is 2. The van der Waals surface area contributed by atoms with Gasteiger partial charge in [0, 0.05) is 26.7 Å². The molecule has 4 N–H and O–H groups in total. The average molecular weight is 597 g/mol. The third kappa shape index (κ3) is 5.39. The second-order valence-electron chi connectivity index (χ2n) is 8.22. The maximum absolute atomic E-state index is 13.4. The Morgan fingerprint density at radius 1 is 1.07 bits per heavy atom. The molecule has 4 aromatic rings. The first-order valence-electron chi connectivity index (χ1n) is 11.0. The highest BCUT2D eigenvalue weighted by molar-refractivity contribution is 6.35. The van der Waals surface area contributed by atoms with Crippen LogP contribution in [0.5, 0.6) is 0 Å². The van der Waals surface area contributed by atoms with E-state index in [9.17, 15) is 27.9 Å². The van der Waals surface area contributed by atoms with E-state index < -0.39 is 29.9 Å². The highest BCUT2D eigenvalue weighted by Gasteiger charge is 2.51. The Kier molecular flexibility index (Phi) is 7.65. The van der Waals surface area contributed by atoms with E-state index in [1.807, 2.05) is 0 Å². The van der Waals surface area contributed by atoms with Gasteiger partial charge in [-0.1, -0.05) is 47.5 Å². The molecule has 0 saturated heterocycles. The molecule has 1 aliphatic heterocycles. The summed E-state index contributed by atoms with van der Waals surface area (Å²) in [6.07, 6.45) is -5.76. The van der Waals surface area contributed by atoms with Gasteiger partial charge >= 0.3 is 18.2 Å². The van der Waals surface area contributed by atoms with Gasteiger partial charge in [0.2, 0.25) is 5.95 Å². The van der Waals surface area contributed by atoms with Crippen LogP contribution in [-0.4, -0.2) is 51.4 Å². The van der Waals surface area contributed by atoms with E-state index in [2.05, 4.69) is 20.0 Å². The fourth-order valence-corrected chi connectivity index (χ4v) is 4.57. The molecule has 10 nitrogen and oxygen atoms in total. The zero-order valence-corrected chi connectivity index (χ0v) is 21.6. The second kappa shape index (κ2) is 10.7. The van der Waals surface area contributed by atoms with Crippen molar-refractivity contribution in [1.82, 2.24) is 9.97 Å². The van der Waals surface area contributed by atoms with Crippen molar-refractivity contribution in [3.05, 3.63) is 87.4 Å². The fraction of sp³-hybridized carbons (Fsp3) is 0.120. The van der Waals surface area contributed by atoms with Crippen molar-refractivity contribution >= 4 is 63.8 Å². The molecule has 0 aliphatic carbocycles. The van der Waals surface area contributed by atoms with Gasteiger partial charge in [0.1, 0.15) is 0 Å². The molecule has 40 heavy (non-hydrogen) atoms. The van der Waals surface area contributed by atoms with Crippen LogP contribution in [0.1, 0.15) is 21.5 Å². The number of anilines is 2. The third-order valence-corrected chi connectivity index (χ3v) is 6.13. The molecule has 0 fully saturated rings. The van der Waals surface area contributed by atoms with Crippen molar-refractivity contribution in [2.45, 2.75) is 11.9 Å². The van der Waals surface area contributed by atoms with Gasteiger partial charge in [0.25, 0.3) is 5.91 Å². The van der Waals surface area contributed by atoms with Gasteiger partial charge in [-0.2, -0.15) is 13.2 Å². The molecular weight excluding hydrogens is 580 g/mol. The van der Waals surface area contributed by atoms with E-state index in [-0.39, 0.29) is 5.95 Å². The minimum absolute atomic E-state index is 0.183. The smallest absolute Gasteiger partial charge is 0.475 e. The molecule has 1 aromatic heterocycles. The first-order chi connectivity index (χ1) is 18.7. The van der Waals surface area contributed by atoms with Crippen LogP contribution in [0.2, 0.25) is 10.0 Å². The Morgan fingerprint density at radius 2 is 1.70 bits per heavy atom. The molecule has 1 atom stereocenters. The lowest BCUT2D eigenvalue weighted by molar-refractivity contribution is -0.192. The van der Waals surface area contributed by atoms with E-state index in [1.165, 1.54) is 12.0 Å². The molecule has 2 heterocycles. The summed E-state index contributed by atoms with van der Waals surface area (Å²) < 4.78 is 36.3. The standard InChI is InChI=1S/C23H16Cl2N4O4.C2HF3O2/c1-33-22(31)28-21-26-18-7-6-12(8-19(18)27-21)23(32)17-5-3-2-4-16(17)20(30)29(23)15-10-13(24)9-14(25)11-15;3-2(4,5)1(6)7/h2-11,32H,1H3,(H2,26,27,28,31);(H,6,7). The maximum Gasteiger partial charge on any atom is 0.490 e. The van der Waals surface area contributed by atoms with Crippen LogP contribution in [-0.2, 0) is 15.3 Å². The van der Waals surface area contributed by atoms with Crippen molar-refractivity contribution in [1.29, 1.82) is 0 Å². The summed E-state index contributed by atoms with van der Waals surface area (Å²) in [5.74, 6) is -2.97. The Labute approximate surface area is 232 Å². The van der Waals surface area contributed by atoms with Crippen LogP contribution in [0.25, 0.3) is 11.0 Å². The zero-order chi connectivity index (χ0) is 29.4. The number of rotatable bonds is 3. The van der Waals surface area contributed by atoms with E-state index in [4.69, 9.17) is 33.1 Å². The SMILES string of the molecule is COC(=O)Nc1nc2ccc(C3(O)c4ccccc4C(=O)N3c3cc(Cl)cc(Cl)c3)cc2[nH]1.O=C(O)C(F)(F)F. The summed E-state index contributed by atoms with van der Waals surface area (Å²) in [6, 6.07) is 16.5. The number of carbonyl (C=O) groups excluding carboxylic acids is 2. The number of ether oxygens (including phenoxy) is 1.